The first-order chi connectivity index (χ1) is 14.2. The molecule has 1 aliphatic carbocycles. The Hall–Kier alpha value is -2.68. The number of likely N-dealkylation sites (N-methyl/N-ethyl adjacent to an activating group) is 1. The molecular formula is C21H26F2N4O3. The maximum atomic E-state index is 15.8. The Balaban J connectivity index is 1.98. The van der Waals surface area contributed by atoms with Crippen LogP contribution in [0.3, 0.4) is 0 Å². The Kier molecular flexibility index (Phi) is 4.96. The number of carboxylic acid groups (broad SMARTS) is 1. The number of nitrogen functional groups attached to an aromatic ring is 1. The van der Waals surface area contributed by atoms with Crippen molar-refractivity contribution < 1.29 is 18.7 Å². The van der Waals surface area contributed by atoms with Gasteiger partial charge in [-0.1, -0.05) is 6.92 Å². The highest BCUT2D eigenvalue weighted by Crippen LogP contribution is 2.42. The SMILES string of the molecule is CCN1C(C)CN(c2c(F)c(N)c3c(=O)c(C(=O)O)cn(C4CC4)c3c2F)CC1C. The minimum absolute atomic E-state index is 0.0782. The van der Waals surface area contributed by atoms with Crippen molar-refractivity contribution in [1.29, 1.82) is 0 Å². The number of aromatic carboxylic acids is 1. The van der Waals surface area contributed by atoms with Gasteiger partial charge in [-0.25, -0.2) is 13.6 Å². The van der Waals surface area contributed by atoms with Crippen LogP contribution in [0.15, 0.2) is 11.0 Å². The van der Waals surface area contributed by atoms with Crippen molar-refractivity contribution in [2.45, 2.75) is 51.7 Å². The number of hydrogen-bond donors (Lipinski definition) is 2. The van der Waals surface area contributed by atoms with E-state index < -0.39 is 39.7 Å². The summed E-state index contributed by atoms with van der Waals surface area (Å²) in [4.78, 5) is 28.2. The number of aromatic nitrogens is 1. The second-order valence-corrected chi connectivity index (χ2v) is 8.36. The summed E-state index contributed by atoms with van der Waals surface area (Å²) in [6.45, 7) is 7.72. The number of nitrogens with zero attached hydrogens (tertiary/aromatic N) is 3. The van der Waals surface area contributed by atoms with Crippen LogP contribution in [-0.4, -0.2) is 52.3 Å². The molecule has 2 atom stereocenters. The van der Waals surface area contributed by atoms with Crippen molar-refractivity contribution in [3.63, 3.8) is 0 Å². The molecule has 0 spiro atoms. The summed E-state index contributed by atoms with van der Waals surface area (Å²) >= 11 is 0. The molecule has 4 rings (SSSR count). The van der Waals surface area contributed by atoms with E-state index in [2.05, 4.69) is 4.90 Å². The summed E-state index contributed by atoms with van der Waals surface area (Å²) in [5, 5.41) is 9.00. The Morgan fingerprint density at radius 1 is 1.20 bits per heavy atom. The van der Waals surface area contributed by atoms with E-state index in [1.807, 2.05) is 20.8 Å². The lowest BCUT2D eigenvalue weighted by atomic mass is 10.0. The Morgan fingerprint density at radius 3 is 2.30 bits per heavy atom. The summed E-state index contributed by atoms with van der Waals surface area (Å²) in [6.07, 6.45) is 2.62. The standard InChI is InChI=1S/C21H26F2N4O3/c1-4-26-10(2)7-25(8-11(26)3)19-15(22)17(24)14-18(16(19)23)27(12-5-6-12)9-13(20(14)28)21(29)30/h9-12H,4-8,24H2,1-3H3,(H,29,30). The lowest BCUT2D eigenvalue weighted by molar-refractivity contribution is 0.0694. The Bertz CT molecular complexity index is 1080. The predicted octanol–water partition coefficient (Wildman–Crippen LogP) is 2.81. The molecule has 2 unspecified atom stereocenters. The van der Waals surface area contributed by atoms with E-state index in [-0.39, 0.29) is 29.3 Å². The quantitative estimate of drug-likeness (QED) is 0.739. The van der Waals surface area contributed by atoms with Crippen molar-refractivity contribution in [3.8, 4) is 0 Å². The topological polar surface area (TPSA) is 91.8 Å². The van der Waals surface area contributed by atoms with Gasteiger partial charge in [-0.15, -0.1) is 0 Å². The molecule has 162 valence electrons. The Morgan fingerprint density at radius 2 is 1.80 bits per heavy atom. The maximum absolute atomic E-state index is 15.8. The van der Waals surface area contributed by atoms with Crippen LogP contribution in [0.4, 0.5) is 20.2 Å². The van der Waals surface area contributed by atoms with Crippen LogP contribution in [0.5, 0.6) is 0 Å². The molecule has 1 aromatic carbocycles. The molecule has 30 heavy (non-hydrogen) atoms. The number of hydrogen-bond acceptors (Lipinski definition) is 5. The second kappa shape index (κ2) is 7.23. The number of halogens is 2. The maximum Gasteiger partial charge on any atom is 0.341 e. The molecule has 2 aromatic rings. The van der Waals surface area contributed by atoms with Crippen molar-refractivity contribution in [1.82, 2.24) is 9.47 Å². The summed E-state index contributed by atoms with van der Waals surface area (Å²) in [5.41, 5.74) is 3.64. The van der Waals surface area contributed by atoms with Gasteiger partial charge in [0.05, 0.1) is 16.6 Å². The van der Waals surface area contributed by atoms with Gasteiger partial charge in [0.15, 0.2) is 11.6 Å². The van der Waals surface area contributed by atoms with Crippen LogP contribution in [0.2, 0.25) is 0 Å². The van der Waals surface area contributed by atoms with Gasteiger partial charge in [0.1, 0.15) is 11.3 Å². The van der Waals surface area contributed by atoms with Crippen molar-refractivity contribution in [2.24, 2.45) is 0 Å². The van der Waals surface area contributed by atoms with Crippen molar-refractivity contribution >= 4 is 28.2 Å². The summed E-state index contributed by atoms with van der Waals surface area (Å²) in [7, 11) is 0. The first-order valence-corrected chi connectivity index (χ1v) is 10.3. The molecule has 1 saturated carbocycles. The van der Waals surface area contributed by atoms with Crippen molar-refractivity contribution in [2.75, 3.05) is 30.3 Å². The fourth-order valence-electron chi connectivity index (χ4n) is 4.79. The number of fused-ring (bicyclic) bond motifs is 1. The highest BCUT2D eigenvalue weighted by Gasteiger charge is 2.36. The van der Waals surface area contributed by atoms with Crippen LogP contribution in [-0.2, 0) is 0 Å². The molecule has 7 nitrogen and oxygen atoms in total. The molecule has 1 aromatic heterocycles. The zero-order valence-electron chi connectivity index (χ0n) is 17.3. The van der Waals surface area contributed by atoms with E-state index in [1.54, 1.807) is 4.90 Å². The fraction of sp³-hybridized carbons (Fsp3) is 0.524. The molecule has 0 amide bonds. The third kappa shape index (κ3) is 3.03. The number of nitrogens with two attached hydrogens (primary N) is 1. The molecule has 9 heteroatoms. The number of rotatable bonds is 4. The van der Waals surface area contributed by atoms with Gasteiger partial charge in [0.25, 0.3) is 0 Å². The predicted molar refractivity (Wildman–Crippen MR) is 111 cm³/mol. The molecule has 2 fully saturated rings. The first-order valence-electron chi connectivity index (χ1n) is 10.3. The molecule has 1 saturated heterocycles. The van der Waals surface area contributed by atoms with Crippen LogP contribution in [0.1, 0.15) is 50.0 Å². The molecule has 2 aliphatic rings. The van der Waals surface area contributed by atoms with Crippen molar-refractivity contribution in [3.05, 3.63) is 33.6 Å². The highest BCUT2D eigenvalue weighted by molar-refractivity contribution is 5.99. The fourth-order valence-corrected chi connectivity index (χ4v) is 4.79. The van der Waals surface area contributed by atoms with E-state index >= 15 is 8.78 Å². The Labute approximate surface area is 172 Å². The number of benzene rings is 1. The second-order valence-electron chi connectivity index (χ2n) is 8.36. The minimum Gasteiger partial charge on any atom is -0.477 e. The third-order valence-electron chi connectivity index (χ3n) is 6.32. The average molecular weight is 420 g/mol. The van der Waals surface area contributed by atoms with Crippen LogP contribution in [0, 0.1) is 11.6 Å². The van der Waals surface area contributed by atoms with Gasteiger partial charge in [-0.2, -0.15) is 0 Å². The molecular weight excluding hydrogens is 394 g/mol. The molecule has 2 heterocycles. The van der Waals surface area contributed by atoms with E-state index in [0.29, 0.717) is 13.1 Å². The zero-order chi connectivity index (χ0) is 21.9. The van der Waals surface area contributed by atoms with E-state index in [4.69, 9.17) is 5.73 Å². The van der Waals surface area contributed by atoms with Gasteiger partial charge in [0, 0.05) is 37.4 Å². The van der Waals surface area contributed by atoms with Crippen LogP contribution in [0.25, 0.3) is 10.9 Å². The van der Waals surface area contributed by atoms with E-state index in [9.17, 15) is 14.7 Å². The largest absolute Gasteiger partial charge is 0.477 e. The van der Waals surface area contributed by atoms with Gasteiger partial charge >= 0.3 is 5.97 Å². The monoisotopic (exact) mass is 420 g/mol. The number of piperazine rings is 1. The van der Waals surface area contributed by atoms with Gasteiger partial charge in [-0.05, 0) is 33.2 Å². The molecule has 1 aliphatic heterocycles. The van der Waals surface area contributed by atoms with Gasteiger partial charge in [0.2, 0.25) is 5.43 Å². The van der Waals surface area contributed by atoms with Gasteiger partial charge in [-0.3, -0.25) is 9.69 Å². The number of carbonyl (C=O) groups is 1. The number of carboxylic acids is 1. The average Bonchev–Trinajstić information content (AvgIpc) is 3.50. The number of anilines is 2. The molecule has 3 N–H and O–H groups in total. The lowest BCUT2D eigenvalue weighted by Crippen LogP contribution is -2.57. The summed E-state index contributed by atoms with van der Waals surface area (Å²) < 4.78 is 32.6. The highest BCUT2D eigenvalue weighted by atomic mass is 19.1. The summed E-state index contributed by atoms with van der Waals surface area (Å²) in [6, 6.07) is 0.0252. The zero-order valence-corrected chi connectivity index (χ0v) is 17.3. The van der Waals surface area contributed by atoms with Crippen LogP contribution < -0.4 is 16.1 Å². The normalized spacial score (nSPS) is 22.6. The number of pyridine rings is 1. The smallest absolute Gasteiger partial charge is 0.341 e. The van der Waals surface area contributed by atoms with Crippen LogP contribution >= 0.6 is 0 Å². The third-order valence-corrected chi connectivity index (χ3v) is 6.32. The lowest BCUT2D eigenvalue weighted by Gasteiger charge is -2.45. The molecule has 0 bridgehead atoms. The molecule has 0 radical (unpaired) electrons. The van der Waals surface area contributed by atoms with Gasteiger partial charge < -0.3 is 20.3 Å². The van der Waals surface area contributed by atoms with E-state index in [1.165, 1.54) is 4.57 Å². The van der Waals surface area contributed by atoms with E-state index in [0.717, 1.165) is 25.6 Å². The summed E-state index contributed by atoms with van der Waals surface area (Å²) in [5.74, 6) is -3.31. The first kappa shape index (κ1) is 20.6. The minimum atomic E-state index is -1.45.